The quantitative estimate of drug-likeness (QED) is 0.599. The molecule has 0 spiro atoms. The van der Waals surface area contributed by atoms with Gasteiger partial charge in [0.05, 0.1) is 37.3 Å². The Morgan fingerprint density at radius 1 is 1.31 bits per heavy atom. The number of allylic oxidation sites excluding steroid dienone is 4. The largest absolute Gasteiger partial charge is 0.480 e. The minimum absolute atomic E-state index is 0.147. The van der Waals surface area contributed by atoms with Crippen molar-refractivity contribution in [2.75, 3.05) is 20.2 Å². The van der Waals surface area contributed by atoms with Crippen molar-refractivity contribution in [3.8, 4) is 5.88 Å². The van der Waals surface area contributed by atoms with Gasteiger partial charge in [0.15, 0.2) is 12.0 Å². The van der Waals surface area contributed by atoms with Crippen LogP contribution < -0.4 is 10.1 Å². The van der Waals surface area contributed by atoms with Crippen LogP contribution in [-0.2, 0) is 25.4 Å². The molecule has 5 rings (SSSR count). The van der Waals surface area contributed by atoms with E-state index in [0.717, 1.165) is 24.0 Å². The van der Waals surface area contributed by atoms with E-state index in [-0.39, 0.29) is 24.3 Å². The van der Waals surface area contributed by atoms with Gasteiger partial charge in [0.25, 0.3) is 0 Å². The molecule has 3 heterocycles. The molecule has 0 bridgehead atoms. The third-order valence-corrected chi connectivity index (χ3v) is 6.01. The molecule has 1 atom stereocenters. The third-order valence-electron chi connectivity index (χ3n) is 6.01. The Bertz CT molecular complexity index is 1300. The van der Waals surface area contributed by atoms with Gasteiger partial charge in [-0.05, 0) is 30.0 Å². The minimum Gasteiger partial charge on any atom is -0.480 e. The van der Waals surface area contributed by atoms with E-state index >= 15 is 0 Å². The van der Waals surface area contributed by atoms with Gasteiger partial charge in [-0.25, -0.2) is 19.7 Å². The highest BCUT2D eigenvalue weighted by atomic mass is 16.6. The van der Waals surface area contributed by atoms with Crippen LogP contribution in [-0.4, -0.2) is 53.2 Å². The van der Waals surface area contributed by atoms with Gasteiger partial charge in [-0.15, -0.1) is 0 Å². The Balaban J connectivity index is 1.12. The number of aromatic nitrogens is 2. The van der Waals surface area contributed by atoms with Crippen LogP contribution in [0.15, 0.2) is 72.4 Å². The molecular weight excluding hydrogens is 464 g/mol. The molecule has 1 aromatic carbocycles. The Kier molecular flexibility index (Phi) is 6.83. The summed E-state index contributed by atoms with van der Waals surface area (Å²) >= 11 is 0. The van der Waals surface area contributed by atoms with E-state index in [9.17, 15) is 9.59 Å². The summed E-state index contributed by atoms with van der Waals surface area (Å²) in [4.78, 5) is 35.2. The summed E-state index contributed by atoms with van der Waals surface area (Å²) in [6.07, 6.45) is 12.0. The van der Waals surface area contributed by atoms with E-state index in [1.165, 1.54) is 24.5 Å². The molecule has 1 aromatic heterocycles. The molecule has 1 N–H and O–H groups in total. The van der Waals surface area contributed by atoms with Gasteiger partial charge in [0.1, 0.15) is 12.4 Å². The average Bonchev–Trinajstić information content (AvgIpc) is 3.29. The lowest BCUT2D eigenvalue weighted by Gasteiger charge is -2.23. The van der Waals surface area contributed by atoms with Crippen LogP contribution in [0.1, 0.15) is 24.8 Å². The first-order valence-corrected chi connectivity index (χ1v) is 11.7. The van der Waals surface area contributed by atoms with Crippen LogP contribution in [0.4, 0.5) is 4.79 Å². The number of benzene rings is 1. The number of nitrogens with one attached hydrogen (secondary N) is 1. The molecule has 1 fully saturated rings. The zero-order valence-electron chi connectivity index (χ0n) is 19.8. The molecule has 2 amide bonds. The molecule has 0 radical (unpaired) electrons. The number of nitrogens with zero attached hydrogens (tertiary/aromatic N) is 3. The Hall–Kier alpha value is -4.34. The molecule has 2 aliphatic heterocycles. The second-order valence-electron chi connectivity index (χ2n) is 8.46. The van der Waals surface area contributed by atoms with Crippen LogP contribution >= 0.6 is 0 Å². The SMILES string of the molecule is COc1cnc2cccc(CC(=O)NCC[C@H]3CN(C4=COC=C(C5=CC=CCC5)O4)C(=O)O3)c2n1. The molecule has 10 nitrogen and oxygen atoms in total. The number of rotatable bonds is 8. The zero-order valence-corrected chi connectivity index (χ0v) is 19.8. The number of hydrogen-bond acceptors (Lipinski definition) is 8. The number of carbonyl (C=O) groups excluding carboxylic acids is 2. The smallest absolute Gasteiger partial charge is 0.417 e. The van der Waals surface area contributed by atoms with Crippen molar-refractivity contribution >= 4 is 23.0 Å². The van der Waals surface area contributed by atoms with Crippen LogP contribution in [0.25, 0.3) is 11.0 Å². The normalized spacial score (nSPS) is 19.0. The first kappa shape index (κ1) is 23.4. The van der Waals surface area contributed by atoms with E-state index in [1.54, 1.807) is 6.20 Å². The third kappa shape index (κ3) is 5.17. The summed E-state index contributed by atoms with van der Waals surface area (Å²) in [6, 6.07) is 5.52. The Morgan fingerprint density at radius 2 is 2.22 bits per heavy atom. The topological polar surface area (TPSA) is 112 Å². The maximum Gasteiger partial charge on any atom is 0.417 e. The molecule has 3 aliphatic rings. The van der Waals surface area contributed by atoms with E-state index in [1.807, 2.05) is 30.4 Å². The van der Waals surface area contributed by atoms with E-state index in [4.69, 9.17) is 18.9 Å². The second kappa shape index (κ2) is 10.5. The van der Waals surface area contributed by atoms with Gasteiger partial charge in [-0.2, -0.15) is 0 Å². The summed E-state index contributed by atoms with van der Waals surface area (Å²) in [5.41, 5.74) is 3.08. The maximum atomic E-state index is 12.6. The minimum atomic E-state index is -0.511. The van der Waals surface area contributed by atoms with Gasteiger partial charge < -0.3 is 24.3 Å². The number of methoxy groups -OCH3 is 1. The predicted octanol–water partition coefficient (Wildman–Crippen LogP) is 3.47. The molecule has 0 unspecified atom stereocenters. The van der Waals surface area contributed by atoms with Gasteiger partial charge in [0, 0.05) is 13.0 Å². The van der Waals surface area contributed by atoms with Crippen LogP contribution in [0.5, 0.6) is 5.88 Å². The first-order chi connectivity index (χ1) is 17.6. The summed E-state index contributed by atoms with van der Waals surface area (Å²) in [5.74, 6) is 1.09. The van der Waals surface area contributed by atoms with Crippen molar-refractivity contribution in [3.05, 3.63) is 77.9 Å². The van der Waals surface area contributed by atoms with E-state index in [2.05, 4.69) is 21.4 Å². The molecular formula is C26H26N4O6. The molecule has 10 heteroatoms. The molecule has 186 valence electrons. The van der Waals surface area contributed by atoms with Gasteiger partial charge in [0.2, 0.25) is 17.7 Å². The van der Waals surface area contributed by atoms with Crippen LogP contribution in [0.2, 0.25) is 0 Å². The van der Waals surface area contributed by atoms with Crippen LogP contribution in [0.3, 0.4) is 0 Å². The lowest BCUT2D eigenvalue weighted by Crippen LogP contribution is -2.30. The lowest BCUT2D eigenvalue weighted by atomic mass is 10.0. The number of amides is 2. The van der Waals surface area contributed by atoms with Crippen molar-refractivity contribution < 1.29 is 28.5 Å². The van der Waals surface area contributed by atoms with E-state index in [0.29, 0.717) is 42.2 Å². The maximum absolute atomic E-state index is 12.6. The standard InChI is InChI=1S/C26H26N4O6/c1-33-23-13-28-20-9-5-8-18(25(20)29-23)12-22(31)27-11-10-19-14-30(26(32)35-19)24-16-34-15-21(36-24)17-6-3-2-4-7-17/h2-3,5-6,8-9,13,15-16,19H,4,7,10-12,14H2,1H3,(H,27,31)/t19-/m0/s1. The number of ether oxygens (including phenoxy) is 4. The van der Waals surface area contributed by atoms with Gasteiger partial charge in [-0.1, -0.05) is 30.4 Å². The van der Waals surface area contributed by atoms with Gasteiger partial charge >= 0.3 is 6.09 Å². The summed E-state index contributed by atoms with van der Waals surface area (Å²) < 4.78 is 22.0. The highest BCUT2D eigenvalue weighted by molar-refractivity contribution is 5.86. The highest BCUT2D eigenvalue weighted by Gasteiger charge is 2.36. The lowest BCUT2D eigenvalue weighted by molar-refractivity contribution is -0.120. The average molecular weight is 491 g/mol. The fourth-order valence-corrected chi connectivity index (χ4v) is 4.16. The molecule has 36 heavy (non-hydrogen) atoms. The second-order valence-corrected chi connectivity index (χ2v) is 8.46. The van der Waals surface area contributed by atoms with Crippen molar-refractivity contribution in [1.82, 2.24) is 20.2 Å². The summed E-state index contributed by atoms with van der Waals surface area (Å²) in [7, 11) is 1.52. The summed E-state index contributed by atoms with van der Waals surface area (Å²) in [5, 5.41) is 2.89. The molecule has 1 saturated heterocycles. The van der Waals surface area contributed by atoms with Crippen molar-refractivity contribution in [2.45, 2.75) is 31.8 Å². The van der Waals surface area contributed by atoms with Crippen molar-refractivity contribution in [1.29, 1.82) is 0 Å². The number of carbonyl (C=O) groups is 2. The monoisotopic (exact) mass is 490 g/mol. The number of fused-ring (bicyclic) bond motifs is 1. The molecule has 2 aromatic rings. The van der Waals surface area contributed by atoms with Gasteiger partial charge in [-0.3, -0.25) is 4.79 Å². The molecule has 1 aliphatic carbocycles. The Labute approximate surface area is 207 Å². The molecule has 0 saturated carbocycles. The zero-order chi connectivity index (χ0) is 24.9. The fourth-order valence-electron chi connectivity index (χ4n) is 4.16. The van der Waals surface area contributed by atoms with Crippen molar-refractivity contribution in [2.24, 2.45) is 0 Å². The number of hydrogen-bond donors (Lipinski definition) is 1. The number of cyclic esters (lactones) is 1. The summed E-state index contributed by atoms with van der Waals surface area (Å²) in [6.45, 7) is 0.653. The fraction of sp³-hybridized carbons (Fsp3) is 0.308. The number of para-hydroxylation sites is 1. The van der Waals surface area contributed by atoms with E-state index < -0.39 is 6.09 Å². The highest BCUT2D eigenvalue weighted by Crippen LogP contribution is 2.29. The first-order valence-electron chi connectivity index (χ1n) is 11.7. The van der Waals surface area contributed by atoms with Crippen molar-refractivity contribution in [3.63, 3.8) is 0 Å². The predicted molar refractivity (Wildman–Crippen MR) is 129 cm³/mol. The Morgan fingerprint density at radius 3 is 3.06 bits per heavy atom. The van der Waals surface area contributed by atoms with Crippen LogP contribution in [0, 0.1) is 0 Å².